The highest BCUT2D eigenvalue weighted by Gasteiger charge is 2.27. The van der Waals surface area contributed by atoms with Gasteiger partial charge in [-0.1, -0.05) is 29.8 Å². The molecule has 2 amide bonds. The lowest BCUT2D eigenvalue weighted by molar-refractivity contribution is -0.137. The Bertz CT molecular complexity index is 977. The summed E-state index contributed by atoms with van der Waals surface area (Å²) in [5, 5.41) is 0. The van der Waals surface area contributed by atoms with Gasteiger partial charge >= 0.3 is 0 Å². The van der Waals surface area contributed by atoms with Crippen LogP contribution in [-0.4, -0.2) is 45.9 Å². The van der Waals surface area contributed by atoms with Crippen LogP contribution >= 0.6 is 0 Å². The number of fused-ring (bicyclic) bond motifs is 1. The van der Waals surface area contributed by atoms with Crippen molar-refractivity contribution in [2.45, 2.75) is 19.9 Å². The van der Waals surface area contributed by atoms with Crippen molar-refractivity contribution in [2.24, 2.45) is 0 Å². The molecule has 3 aromatic rings. The summed E-state index contributed by atoms with van der Waals surface area (Å²) in [4.78, 5) is 32.9. The van der Waals surface area contributed by atoms with Gasteiger partial charge in [-0.05, 0) is 31.2 Å². The zero-order valence-electron chi connectivity index (χ0n) is 15.3. The lowest BCUT2D eigenvalue weighted by Gasteiger charge is -2.34. The highest BCUT2D eigenvalue weighted by Crippen LogP contribution is 2.19. The largest absolute Gasteiger partial charge is 0.332 e. The van der Waals surface area contributed by atoms with Gasteiger partial charge in [0.15, 0.2) is 0 Å². The molecule has 1 fully saturated rings. The number of carbonyl (C=O) groups is 2. The first-order valence-electron chi connectivity index (χ1n) is 9.16. The number of amides is 2. The van der Waals surface area contributed by atoms with Gasteiger partial charge in [0.2, 0.25) is 11.8 Å². The highest BCUT2D eigenvalue weighted by atomic mass is 16.2. The normalized spacial score (nSPS) is 14.8. The molecule has 0 aliphatic carbocycles. The molecular weight excluding hydrogens is 340 g/mol. The second-order valence-electron chi connectivity index (χ2n) is 6.87. The molecule has 2 heterocycles. The number of benzene rings is 2. The van der Waals surface area contributed by atoms with E-state index in [0.29, 0.717) is 26.1 Å². The molecule has 0 unspecified atom stereocenters. The van der Waals surface area contributed by atoms with Gasteiger partial charge in [0, 0.05) is 31.7 Å². The maximum Gasteiger partial charge on any atom is 0.246 e. The Kier molecular flexibility index (Phi) is 4.62. The maximum atomic E-state index is 12.6. The summed E-state index contributed by atoms with van der Waals surface area (Å²) in [7, 11) is 0. The number of anilines is 1. The van der Waals surface area contributed by atoms with Crippen LogP contribution in [-0.2, 0) is 16.1 Å². The molecule has 0 saturated carbocycles. The Labute approximate surface area is 158 Å². The second-order valence-corrected chi connectivity index (χ2v) is 6.87. The van der Waals surface area contributed by atoms with Crippen molar-refractivity contribution in [1.29, 1.82) is 0 Å². The quantitative estimate of drug-likeness (QED) is 0.717. The molecule has 0 spiro atoms. The van der Waals surface area contributed by atoms with Crippen molar-refractivity contribution in [3.05, 3.63) is 60.4 Å². The summed E-state index contributed by atoms with van der Waals surface area (Å²) >= 11 is 0. The highest BCUT2D eigenvalue weighted by molar-refractivity contribution is 5.97. The average Bonchev–Trinajstić information content (AvgIpc) is 3.10. The molecule has 0 bridgehead atoms. The fraction of sp³-hybridized carbons (Fsp3) is 0.286. The Balaban J connectivity index is 1.36. The summed E-state index contributed by atoms with van der Waals surface area (Å²) in [6.07, 6.45) is 2.12. The third-order valence-corrected chi connectivity index (χ3v) is 5.01. The van der Waals surface area contributed by atoms with Crippen molar-refractivity contribution >= 4 is 28.5 Å². The molecule has 2 aromatic carbocycles. The maximum absolute atomic E-state index is 12.6. The van der Waals surface area contributed by atoms with E-state index >= 15 is 0 Å². The number of hydrogen-bond acceptors (Lipinski definition) is 3. The van der Waals surface area contributed by atoms with Crippen LogP contribution in [0.25, 0.3) is 11.0 Å². The van der Waals surface area contributed by atoms with Crippen LogP contribution in [0.1, 0.15) is 12.0 Å². The zero-order valence-corrected chi connectivity index (χ0v) is 15.3. The van der Waals surface area contributed by atoms with Crippen LogP contribution in [0, 0.1) is 6.92 Å². The molecule has 138 valence electrons. The van der Waals surface area contributed by atoms with Crippen LogP contribution in [0.15, 0.2) is 54.9 Å². The van der Waals surface area contributed by atoms with Gasteiger partial charge in [-0.25, -0.2) is 4.98 Å². The lowest BCUT2D eigenvalue weighted by atomic mass is 10.2. The number of rotatable bonds is 4. The number of para-hydroxylation sites is 2. The summed E-state index contributed by atoms with van der Waals surface area (Å²) in [6, 6.07) is 15.8. The zero-order chi connectivity index (χ0) is 18.8. The first kappa shape index (κ1) is 17.3. The van der Waals surface area contributed by atoms with Gasteiger partial charge in [0.25, 0.3) is 0 Å². The standard InChI is InChI=1S/C21H22N4O2/c1-16-6-8-17(9-7-16)25-13-12-23(14-21(25)27)20(26)10-11-24-15-22-18-4-2-3-5-19(18)24/h2-9,15H,10-14H2,1H3. The summed E-state index contributed by atoms with van der Waals surface area (Å²) in [5.41, 5.74) is 3.99. The van der Waals surface area contributed by atoms with E-state index in [0.717, 1.165) is 22.3 Å². The fourth-order valence-corrected chi connectivity index (χ4v) is 3.45. The number of piperazine rings is 1. The molecule has 1 aliphatic rings. The van der Waals surface area contributed by atoms with E-state index in [2.05, 4.69) is 4.98 Å². The van der Waals surface area contributed by atoms with Crippen LogP contribution in [0.3, 0.4) is 0 Å². The van der Waals surface area contributed by atoms with Gasteiger partial charge in [0.1, 0.15) is 6.54 Å². The van der Waals surface area contributed by atoms with Crippen molar-refractivity contribution in [3.63, 3.8) is 0 Å². The van der Waals surface area contributed by atoms with Crippen LogP contribution < -0.4 is 4.90 Å². The van der Waals surface area contributed by atoms with E-state index in [4.69, 9.17) is 0 Å². The van der Waals surface area contributed by atoms with E-state index in [-0.39, 0.29) is 18.4 Å². The molecule has 0 atom stereocenters. The number of imidazole rings is 1. The van der Waals surface area contributed by atoms with E-state index in [1.165, 1.54) is 0 Å². The third kappa shape index (κ3) is 3.56. The second kappa shape index (κ2) is 7.23. The molecule has 1 aliphatic heterocycles. The molecule has 6 nitrogen and oxygen atoms in total. The number of hydrogen-bond donors (Lipinski definition) is 0. The van der Waals surface area contributed by atoms with Crippen molar-refractivity contribution in [2.75, 3.05) is 24.5 Å². The van der Waals surface area contributed by atoms with E-state index in [1.54, 1.807) is 16.1 Å². The van der Waals surface area contributed by atoms with Gasteiger partial charge in [-0.2, -0.15) is 0 Å². The van der Waals surface area contributed by atoms with Crippen LogP contribution in [0.5, 0.6) is 0 Å². The number of aromatic nitrogens is 2. The molecule has 0 radical (unpaired) electrons. The van der Waals surface area contributed by atoms with Gasteiger partial charge < -0.3 is 14.4 Å². The van der Waals surface area contributed by atoms with E-state index < -0.39 is 0 Å². The smallest absolute Gasteiger partial charge is 0.246 e. The van der Waals surface area contributed by atoms with Crippen LogP contribution in [0.4, 0.5) is 5.69 Å². The molecule has 6 heteroatoms. The molecule has 4 rings (SSSR count). The molecule has 1 saturated heterocycles. The third-order valence-electron chi connectivity index (χ3n) is 5.01. The average molecular weight is 362 g/mol. The number of aryl methyl sites for hydroxylation is 2. The van der Waals surface area contributed by atoms with Crippen molar-refractivity contribution in [1.82, 2.24) is 14.5 Å². The lowest BCUT2D eigenvalue weighted by Crippen LogP contribution is -2.52. The fourth-order valence-electron chi connectivity index (χ4n) is 3.45. The number of nitrogens with zero attached hydrogens (tertiary/aromatic N) is 4. The van der Waals surface area contributed by atoms with Crippen molar-refractivity contribution in [3.8, 4) is 0 Å². The molecular formula is C21H22N4O2. The van der Waals surface area contributed by atoms with E-state index in [9.17, 15) is 9.59 Å². The molecule has 27 heavy (non-hydrogen) atoms. The van der Waals surface area contributed by atoms with Gasteiger partial charge in [-0.15, -0.1) is 0 Å². The monoisotopic (exact) mass is 362 g/mol. The first-order valence-corrected chi connectivity index (χ1v) is 9.16. The number of carbonyl (C=O) groups excluding carboxylic acids is 2. The van der Waals surface area contributed by atoms with Gasteiger partial charge in [0.05, 0.1) is 17.4 Å². The van der Waals surface area contributed by atoms with Crippen molar-refractivity contribution < 1.29 is 9.59 Å². The summed E-state index contributed by atoms with van der Waals surface area (Å²) < 4.78 is 1.98. The topological polar surface area (TPSA) is 58.4 Å². The minimum atomic E-state index is -0.0356. The Hall–Kier alpha value is -3.15. The SMILES string of the molecule is Cc1ccc(N2CCN(C(=O)CCn3cnc4ccccc43)CC2=O)cc1. The summed E-state index contributed by atoms with van der Waals surface area (Å²) in [6.45, 7) is 3.81. The van der Waals surface area contributed by atoms with Crippen LogP contribution in [0.2, 0.25) is 0 Å². The minimum absolute atomic E-state index is 0.00434. The Morgan fingerprint density at radius 1 is 1.07 bits per heavy atom. The van der Waals surface area contributed by atoms with E-state index in [1.807, 2.05) is 60.0 Å². The predicted molar refractivity (Wildman–Crippen MR) is 104 cm³/mol. The molecule has 0 N–H and O–H groups in total. The van der Waals surface area contributed by atoms with Gasteiger partial charge in [-0.3, -0.25) is 9.59 Å². The predicted octanol–water partition coefficient (Wildman–Crippen LogP) is 2.61. The molecule has 1 aromatic heterocycles. The Morgan fingerprint density at radius 2 is 1.85 bits per heavy atom. The Morgan fingerprint density at radius 3 is 2.63 bits per heavy atom. The summed E-state index contributed by atoms with van der Waals surface area (Å²) in [5.74, 6) is -0.0313. The first-order chi connectivity index (χ1) is 13.1. The minimum Gasteiger partial charge on any atom is -0.332 e.